The van der Waals surface area contributed by atoms with Gasteiger partial charge in [-0.05, 0) is 59.0 Å². The summed E-state index contributed by atoms with van der Waals surface area (Å²) in [5, 5.41) is 2.18. The number of aliphatic imine (C=N–C) groups is 1. The van der Waals surface area contributed by atoms with E-state index in [1.165, 1.54) is 12.5 Å². The van der Waals surface area contributed by atoms with Crippen LogP contribution in [0.15, 0.2) is 52.1 Å². The standard InChI is InChI=1S/C16H12IN3O4/c17-10-3-5-11(6-4-10)20-15(22)13(14(21)19-16(20)23)9-18-8-12-2-1-7-24-12/h1-7,9,13H,8H2,(H,19,21,23)/t13-/m1/s1. The molecule has 0 spiro atoms. The van der Waals surface area contributed by atoms with Crippen molar-refractivity contribution in [2.45, 2.75) is 6.54 Å². The lowest BCUT2D eigenvalue weighted by Gasteiger charge is -2.28. The van der Waals surface area contributed by atoms with Crippen LogP contribution < -0.4 is 10.2 Å². The van der Waals surface area contributed by atoms with Crippen molar-refractivity contribution in [3.63, 3.8) is 0 Å². The molecule has 8 heteroatoms. The molecule has 4 amide bonds. The molecule has 0 unspecified atom stereocenters. The van der Waals surface area contributed by atoms with Crippen LogP contribution in [0.25, 0.3) is 0 Å². The van der Waals surface area contributed by atoms with E-state index in [0.29, 0.717) is 11.4 Å². The lowest BCUT2D eigenvalue weighted by Crippen LogP contribution is -2.58. The molecule has 1 fully saturated rings. The second-order valence-electron chi connectivity index (χ2n) is 4.99. The van der Waals surface area contributed by atoms with Crippen molar-refractivity contribution in [3.8, 4) is 0 Å². The van der Waals surface area contributed by atoms with Crippen LogP contribution in [0, 0.1) is 9.49 Å². The second kappa shape index (κ2) is 6.95. The van der Waals surface area contributed by atoms with Gasteiger partial charge in [-0.2, -0.15) is 0 Å². The van der Waals surface area contributed by atoms with Crippen LogP contribution in [0.3, 0.4) is 0 Å². The number of rotatable bonds is 4. The van der Waals surface area contributed by atoms with E-state index in [9.17, 15) is 14.4 Å². The number of nitrogens with one attached hydrogen (secondary N) is 1. The van der Waals surface area contributed by atoms with Crippen molar-refractivity contribution in [1.82, 2.24) is 5.32 Å². The fraction of sp³-hybridized carbons (Fsp3) is 0.125. The highest BCUT2D eigenvalue weighted by Crippen LogP contribution is 2.21. The Labute approximate surface area is 150 Å². The van der Waals surface area contributed by atoms with Crippen LogP contribution in [0.1, 0.15) is 5.76 Å². The summed E-state index contributed by atoms with van der Waals surface area (Å²) in [6.07, 6.45) is 2.76. The molecule has 1 atom stereocenters. The van der Waals surface area contributed by atoms with E-state index >= 15 is 0 Å². The summed E-state index contributed by atoms with van der Waals surface area (Å²) in [5.74, 6) is -1.86. The molecule has 24 heavy (non-hydrogen) atoms. The normalized spacial score (nSPS) is 18.3. The summed E-state index contributed by atoms with van der Waals surface area (Å²) in [6, 6.07) is 9.53. The number of carbonyl (C=O) groups excluding carboxylic acids is 3. The Hall–Kier alpha value is -2.49. The lowest BCUT2D eigenvalue weighted by molar-refractivity contribution is -0.131. The summed E-state index contributed by atoms with van der Waals surface area (Å²) < 4.78 is 6.10. The fourth-order valence-corrected chi connectivity index (χ4v) is 2.57. The van der Waals surface area contributed by atoms with Gasteiger partial charge in [0.1, 0.15) is 5.76 Å². The van der Waals surface area contributed by atoms with Crippen LogP contribution >= 0.6 is 22.6 Å². The lowest BCUT2D eigenvalue weighted by atomic mass is 10.1. The minimum absolute atomic E-state index is 0.210. The average Bonchev–Trinajstić information content (AvgIpc) is 3.05. The topological polar surface area (TPSA) is 92.0 Å². The van der Waals surface area contributed by atoms with Gasteiger partial charge in [-0.25, -0.2) is 9.69 Å². The molecule has 3 rings (SSSR count). The van der Waals surface area contributed by atoms with E-state index in [4.69, 9.17) is 4.42 Å². The van der Waals surface area contributed by atoms with Crippen LogP contribution in [0.5, 0.6) is 0 Å². The monoisotopic (exact) mass is 437 g/mol. The summed E-state index contributed by atoms with van der Waals surface area (Å²) in [4.78, 5) is 41.5. The molecule has 7 nitrogen and oxygen atoms in total. The quantitative estimate of drug-likeness (QED) is 0.452. The Kier molecular flexibility index (Phi) is 4.74. The number of furan rings is 1. The first-order valence-electron chi connectivity index (χ1n) is 7.03. The number of benzene rings is 1. The Balaban J connectivity index is 1.80. The molecular weight excluding hydrogens is 425 g/mol. The molecule has 122 valence electrons. The van der Waals surface area contributed by atoms with Crippen molar-refractivity contribution in [2.24, 2.45) is 10.9 Å². The number of carbonyl (C=O) groups is 3. The number of halogens is 1. The molecular formula is C16H12IN3O4. The first kappa shape index (κ1) is 16.4. The number of barbiturate groups is 1. The van der Waals surface area contributed by atoms with Crippen LogP contribution in [-0.2, 0) is 16.1 Å². The van der Waals surface area contributed by atoms with Gasteiger partial charge >= 0.3 is 6.03 Å². The van der Waals surface area contributed by atoms with Gasteiger partial charge in [0, 0.05) is 9.78 Å². The first-order valence-corrected chi connectivity index (χ1v) is 8.11. The SMILES string of the molecule is O=C1NC(=O)N(c2ccc(I)cc2)C(=O)[C@@H]1C=NCc1ccco1. The Morgan fingerprint density at radius 2 is 1.96 bits per heavy atom. The fourth-order valence-electron chi connectivity index (χ4n) is 2.21. The molecule has 0 radical (unpaired) electrons. The minimum Gasteiger partial charge on any atom is -0.467 e. The van der Waals surface area contributed by atoms with Crippen LogP contribution in [0.4, 0.5) is 10.5 Å². The van der Waals surface area contributed by atoms with E-state index < -0.39 is 23.8 Å². The predicted octanol–water partition coefficient (Wildman–Crippen LogP) is 2.35. The molecule has 1 aliphatic rings. The van der Waals surface area contributed by atoms with Gasteiger partial charge in [-0.15, -0.1) is 0 Å². The molecule has 2 heterocycles. The zero-order valence-electron chi connectivity index (χ0n) is 12.3. The summed E-state index contributed by atoms with van der Waals surface area (Å²) >= 11 is 2.12. The molecule has 0 saturated carbocycles. The number of anilines is 1. The maximum Gasteiger partial charge on any atom is 0.335 e. The molecule has 1 aromatic heterocycles. The van der Waals surface area contributed by atoms with Crippen LogP contribution in [-0.4, -0.2) is 24.1 Å². The van der Waals surface area contributed by atoms with E-state index in [0.717, 1.165) is 8.47 Å². The van der Waals surface area contributed by atoms with Crippen molar-refractivity contribution in [2.75, 3.05) is 4.90 Å². The predicted molar refractivity (Wildman–Crippen MR) is 94.6 cm³/mol. The molecule has 1 saturated heterocycles. The second-order valence-corrected chi connectivity index (χ2v) is 6.24. The molecule has 1 aromatic carbocycles. The molecule has 1 aliphatic heterocycles. The van der Waals surface area contributed by atoms with E-state index in [1.54, 1.807) is 36.4 Å². The number of hydrogen-bond acceptors (Lipinski definition) is 5. The van der Waals surface area contributed by atoms with Gasteiger partial charge in [0.2, 0.25) is 5.91 Å². The Bertz CT molecular complexity index is 799. The van der Waals surface area contributed by atoms with E-state index in [1.807, 2.05) is 0 Å². The Morgan fingerprint density at radius 3 is 2.62 bits per heavy atom. The Morgan fingerprint density at radius 1 is 1.21 bits per heavy atom. The average molecular weight is 437 g/mol. The highest BCUT2D eigenvalue weighted by molar-refractivity contribution is 14.1. The number of hydrogen-bond donors (Lipinski definition) is 1. The number of imide groups is 2. The zero-order chi connectivity index (χ0) is 17.1. The number of amides is 4. The van der Waals surface area contributed by atoms with Crippen molar-refractivity contribution >= 4 is 52.3 Å². The molecule has 1 N–H and O–H groups in total. The minimum atomic E-state index is -1.16. The van der Waals surface area contributed by atoms with Crippen molar-refractivity contribution in [3.05, 3.63) is 52.0 Å². The highest BCUT2D eigenvalue weighted by atomic mass is 127. The van der Waals surface area contributed by atoms with Gasteiger partial charge in [0.15, 0.2) is 5.92 Å². The van der Waals surface area contributed by atoms with Gasteiger partial charge in [0.05, 0.1) is 18.5 Å². The third-order valence-electron chi connectivity index (χ3n) is 3.37. The van der Waals surface area contributed by atoms with Gasteiger partial charge in [-0.1, -0.05) is 0 Å². The largest absolute Gasteiger partial charge is 0.467 e. The van der Waals surface area contributed by atoms with Gasteiger partial charge in [-0.3, -0.25) is 19.9 Å². The third-order valence-corrected chi connectivity index (χ3v) is 4.09. The van der Waals surface area contributed by atoms with Crippen LogP contribution in [0.2, 0.25) is 0 Å². The first-order chi connectivity index (χ1) is 11.6. The van der Waals surface area contributed by atoms with E-state index in [2.05, 4.69) is 32.9 Å². The maximum atomic E-state index is 12.6. The maximum absolute atomic E-state index is 12.6. The third kappa shape index (κ3) is 3.37. The summed E-state index contributed by atoms with van der Waals surface area (Å²) in [7, 11) is 0. The number of urea groups is 1. The smallest absolute Gasteiger partial charge is 0.335 e. The molecule has 0 aliphatic carbocycles. The van der Waals surface area contributed by atoms with E-state index in [-0.39, 0.29) is 6.54 Å². The zero-order valence-corrected chi connectivity index (χ0v) is 14.5. The van der Waals surface area contributed by atoms with Gasteiger partial charge in [0.25, 0.3) is 5.91 Å². The summed E-state index contributed by atoms with van der Waals surface area (Å²) in [5.41, 5.74) is 0.398. The molecule has 0 bridgehead atoms. The summed E-state index contributed by atoms with van der Waals surface area (Å²) in [6.45, 7) is 0.210. The molecule has 2 aromatic rings. The number of nitrogens with zero attached hydrogens (tertiary/aromatic N) is 2. The van der Waals surface area contributed by atoms with Crippen molar-refractivity contribution in [1.29, 1.82) is 0 Å². The highest BCUT2D eigenvalue weighted by Gasteiger charge is 2.40. The van der Waals surface area contributed by atoms with Crippen molar-refractivity contribution < 1.29 is 18.8 Å². The van der Waals surface area contributed by atoms with Gasteiger partial charge < -0.3 is 4.42 Å².